The SMILES string of the molecule is N#CC1=c2c3cccc4c(Br)ccc(c43)n2[B-](F)(F)[n+]2ccccc21. The number of nitriles is 1. The fourth-order valence-corrected chi connectivity index (χ4v) is 4.34. The molecule has 0 saturated carbocycles. The number of benzene rings is 2. The molecule has 5 rings (SSSR count). The van der Waals surface area contributed by atoms with Crippen LogP contribution in [-0.4, -0.2) is 11.4 Å². The molecule has 0 spiro atoms. The highest BCUT2D eigenvalue weighted by Crippen LogP contribution is 2.34. The lowest BCUT2D eigenvalue weighted by Crippen LogP contribution is -2.70. The molecule has 0 radical (unpaired) electrons. The Kier molecular flexibility index (Phi) is 2.73. The van der Waals surface area contributed by atoms with Crippen molar-refractivity contribution >= 4 is 50.1 Å². The van der Waals surface area contributed by atoms with E-state index in [9.17, 15) is 5.26 Å². The van der Waals surface area contributed by atoms with Crippen LogP contribution in [0, 0.1) is 11.3 Å². The van der Waals surface area contributed by atoms with Crippen LogP contribution in [-0.2, 0) is 0 Å². The third-order valence-electron chi connectivity index (χ3n) is 4.86. The first kappa shape index (κ1) is 14.6. The van der Waals surface area contributed by atoms with Gasteiger partial charge in [-0.3, -0.25) is 0 Å². The molecule has 0 amide bonds. The number of hydrogen-bond acceptors (Lipinski definition) is 1. The van der Waals surface area contributed by atoms with E-state index in [-0.39, 0.29) is 16.6 Å². The molecule has 0 fully saturated rings. The lowest BCUT2D eigenvalue weighted by Gasteiger charge is -2.27. The summed E-state index contributed by atoms with van der Waals surface area (Å²) < 4.78 is 33.7. The van der Waals surface area contributed by atoms with Gasteiger partial charge < -0.3 is 17.6 Å². The monoisotopic (exact) mass is 395 g/mol. The van der Waals surface area contributed by atoms with Crippen LogP contribution in [0.2, 0.25) is 0 Å². The first-order valence-electron chi connectivity index (χ1n) is 7.74. The minimum Gasteiger partial charge on any atom is -0.389 e. The number of rotatable bonds is 0. The van der Waals surface area contributed by atoms with Gasteiger partial charge in [-0.2, -0.15) is 5.26 Å². The Balaban J connectivity index is 2.18. The average molecular weight is 396 g/mol. The summed E-state index contributed by atoms with van der Waals surface area (Å²) in [6.45, 7) is -4.10. The first-order valence-corrected chi connectivity index (χ1v) is 8.53. The summed E-state index contributed by atoms with van der Waals surface area (Å²) in [5.41, 5.74) is 0.932. The maximum absolute atomic E-state index is 15.5. The molecule has 0 aliphatic carbocycles. The third kappa shape index (κ3) is 1.65. The Morgan fingerprint density at radius 1 is 1.04 bits per heavy atom. The van der Waals surface area contributed by atoms with E-state index < -0.39 is 6.97 Å². The normalized spacial score (nSPS) is 15.2. The lowest BCUT2D eigenvalue weighted by atomic mass is 9.90. The van der Waals surface area contributed by atoms with Gasteiger partial charge in [0.05, 0.1) is 0 Å². The predicted octanol–water partition coefficient (Wildman–Crippen LogP) is 3.37. The summed E-state index contributed by atoms with van der Waals surface area (Å²) in [6, 6.07) is 15.9. The second-order valence-electron chi connectivity index (χ2n) is 6.08. The van der Waals surface area contributed by atoms with Gasteiger partial charge in [0.1, 0.15) is 17.8 Å². The highest BCUT2D eigenvalue weighted by molar-refractivity contribution is 9.10. The van der Waals surface area contributed by atoms with Crippen molar-refractivity contribution in [3.8, 4) is 6.07 Å². The Hall–Kier alpha value is -2.72. The molecule has 1 aliphatic rings. The Morgan fingerprint density at radius 2 is 1.84 bits per heavy atom. The molecule has 3 heterocycles. The summed E-state index contributed by atoms with van der Waals surface area (Å²) in [4.78, 5) is 0. The summed E-state index contributed by atoms with van der Waals surface area (Å²) in [6.07, 6.45) is 1.34. The molecule has 25 heavy (non-hydrogen) atoms. The molecule has 120 valence electrons. The molecular formula is C18H9BBrF2N3. The zero-order valence-electron chi connectivity index (χ0n) is 12.7. The van der Waals surface area contributed by atoms with Crippen molar-refractivity contribution in [3.05, 3.63) is 70.2 Å². The van der Waals surface area contributed by atoms with Crippen molar-refractivity contribution in [2.75, 3.05) is 0 Å². The van der Waals surface area contributed by atoms with E-state index in [1.807, 2.05) is 12.1 Å². The number of aromatic nitrogens is 2. The van der Waals surface area contributed by atoms with Crippen LogP contribution in [0.15, 0.2) is 59.2 Å². The lowest BCUT2D eigenvalue weighted by molar-refractivity contribution is -0.572. The molecule has 0 unspecified atom stereocenters. The molecule has 7 heteroatoms. The van der Waals surface area contributed by atoms with Gasteiger partial charge in [0.15, 0.2) is 5.69 Å². The predicted molar refractivity (Wildman–Crippen MR) is 95.9 cm³/mol. The van der Waals surface area contributed by atoms with Gasteiger partial charge in [-0.15, -0.1) is 0 Å². The molecule has 0 bridgehead atoms. The van der Waals surface area contributed by atoms with Gasteiger partial charge in [0.2, 0.25) is 0 Å². The molecule has 1 aliphatic heterocycles. The molecular weight excluding hydrogens is 387 g/mol. The minimum atomic E-state index is -4.10. The number of hydrogen-bond donors (Lipinski definition) is 0. The molecule has 4 aromatic rings. The average Bonchev–Trinajstić information content (AvgIpc) is 2.96. The second-order valence-corrected chi connectivity index (χ2v) is 6.94. The molecule has 3 nitrogen and oxygen atoms in total. The van der Waals surface area contributed by atoms with E-state index in [4.69, 9.17) is 0 Å². The fourth-order valence-electron chi connectivity index (χ4n) is 3.87. The topological polar surface area (TPSA) is 32.6 Å². The Labute approximate surface area is 149 Å². The number of fused-ring (bicyclic) bond motifs is 4. The van der Waals surface area contributed by atoms with Gasteiger partial charge in [-0.1, -0.05) is 40.2 Å². The van der Waals surface area contributed by atoms with Crippen LogP contribution >= 0.6 is 15.9 Å². The van der Waals surface area contributed by atoms with Crippen LogP contribution in [0.3, 0.4) is 0 Å². The number of pyridine rings is 1. The van der Waals surface area contributed by atoms with E-state index in [2.05, 4.69) is 22.0 Å². The summed E-state index contributed by atoms with van der Waals surface area (Å²) in [7, 11) is 0. The molecule has 0 saturated heterocycles. The van der Waals surface area contributed by atoms with Crippen LogP contribution in [0.25, 0.3) is 27.2 Å². The number of nitrogens with zero attached hydrogens (tertiary/aromatic N) is 3. The van der Waals surface area contributed by atoms with Crippen molar-refractivity contribution in [1.29, 1.82) is 5.26 Å². The Bertz CT molecular complexity index is 1300. The van der Waals surface area contributed by atoms with Crippen molar-refractivity contribution in [3.63, 3.8) is 0 Å². The van der Waals surface area contributed by atoms with Gasteiger partial charge in [-0.05, 0) is 23.6 Å². The van der Waals surface area contributed by atoms with Crippen molar-refractivity contribution in [2.24, 2.45) is 0 Å². The second kappa shape index (κ2) is 4.67. The van der Waals surface area contributed by atoms with E-state index >= 15 is 8.63 Å². The van der Waals surface area contributed by atoms with E-state index in [0.717, 1.165) is 24.2 Å². The third-order valence-corrected chi connectivity index (χ3v) is 5.55. The summed E-state index contributed by atoms with van der Waals surface area (Å²) in [5.74, 6) is 0. The van der Waals surface area contributed by atoms with E-state index in [0.29, 0.717) is 10.9 Å². The standard InChI is InChI=1S/C18H9BBrF2N3/c20-14-7-8-16-17-11(14)4-3-5-12(17)18-13(10-23)15-6-1-2-9-24(15)19(21,22)25(16)18/h1-9H. The van der Waals surface area contributed by atoms with E-state index in [1.54, 1.807) is 36.4 Å². The number of halogens is 3. The van der Waals surface area contributed by atoms with Crippen molar-refractivity contribution in [1.82, 2.24) is 4.48 Å². The zero-order valence-corrected chi connectivity index (χ0v) is 14.3. The highest BCUT2D eigenvalue weighted by Gasteiger charge is 2.49. The van der Waals surface area contributed by atoms with Crippen LogP contribution < -0.4 is 9.83 Å². The maximum Gasteiger partial charge on any atom is 0.737 e. The van der Waals surface area contributed by atoms with E-state index in [1.165, 1.54) is 6.20 Å². The summed E-state index contributed by atoms with van der Waals surface area (Å²) in [5, 5.41) is 12.3. The quantitative estimate of drug-likeness (QED) is 0.420. The first-order chi connectivity index (χ1) is 12.1. The van der Waals surface area contributed by atoms with Gasteiger partial charge >= 0.3 is 6.97 Å². The van der Waals surface area contributed by atoms with Crippen LogP contribution in [0.5, 0.6) is 0 Å². The van der Waals surface area contributed by atoms with Crippen molar-refractivity contribution < 1.29 is 13.1 Å². The highest BCUT2D eigenvalue weighted by atomic mass is 79.9. The maximum atomic E-state index is 15.5. The molecule has 2 aromatic carbocycles. The molecule has 0 N–H and O–H groups in total. The van der Waals surface area contributed by atoms with Crippen LogP contribution in [0.4, 0.5) is 8.63 Å². The minimum absolute atomic E-state index is 0.241. The van der Waals surface area contributed by atoms with Crippen LogP contribution in [0.1, 0.15) is 5.69 Å². The summed E-state index contributed by atoms with van der Waals surface area (Å²) >= 11 is 3.49. The Morgan fingerprint density at radius 3 is 2.64 bits per heavy atom. The molecule has 2 aromatic heterocycles. The van der Waals surface area contributed by atoms with Gasteiger partial charge in [-0.25, -0.2) is 0 Å². The zero-order chi connectivity index (χ0) is 17.3. The van der Waals surface area contributed by atoms with Gasteiger partial charge in [0.25, 0.3) is 0 Å². The smallest absolute Gasteiger partial charge is 0.389 e. The van der Waals surface area contributed by atoms with Crippen molar-refractivity contribution in [2.45, 2.75) is 0 Å². The molecule has 0 atom stereocenters. The van der Waals surface area contributed by atoms with Gasteiger partial charge in [0, 0.05) is 32.2 Å². The fraction of sp³-hybridized carbons (Fsp3) is 0. The largest absolute Gasteiger partial charge is 0.737 e.